The maximum Gasteiger partial charge on any atom is 0.337 e. The molecule has 1 aliphatic rings. The second-order valence-electron chi connectivity index (χ2n) is 9.00. The number of H-pyrrole nitrogens is 1. The lowest BCUT2D eigenvalue weighted by Gasteiger charge is -2.25. The lowest BCUT2D eigenvalue weighted by molar-refractivity contribution is 0.0600. The van der Waals surface area contributed by atoms with Crippen molar-refractivity contribution in [2.24, 2.45) is 0 Å². The van der Waals surface area contributed by atoms with Gasteiger partial charge in [0.2, 0.25) is 11.8 Å². The van der Waals surface area contributed by atoms with Gasteiger partial charge in [-0.1, -0.05) is 48.5 Å². The van der Waals surface area contributed by atoms with E-state index in [4.69, 9.17) is 9.15 Å². The first-order valence-electron chi connectivity index (χ1n) is 12.3. The van der Waals surface area contributed by atoms with Crippen LogP contribution < -0.4 is 5.32 Å². The Bertz CT molecular complexity index is 1690. The maximum atomic E-state index is 12.9. The molecule has 192 valence electrons. The van der Waals surface area contributed by atoms with E-state index in [2.05, 4.69) is 25.7 Å². The number of rotatable bonds is 6. The van der Waals surface area contributed by atoms with Crippen LogP contribution in [0.3, 0.4) is 0 Å². The van der Waals surface area contributed by atoms with Crippen LogP contribution >= 0.6 is 0 Å². The van der Waals surface area contributed by atoms with Crippen molar-refractivity contribution in [2.75, 3.05) is 7.11 Å². The highest BCUT2D eigenvalue weighted by Crippen LogP contribution is 2.35. The van der Waals surface area contributed by atoms with E-state index in [9.17, 15) is 9.59 Å². The lowest BCUT2D eigenvalue weighted by atomic mass is 9.90. The van der Waals surface area contributed by atoms with Gasteiger partial charge in [-0.2, -0.15) is 5.10 Å². The minimum absolute atomic E-state index is 0.139. The van der Waals surface area contributed by atoms with Gasteiger partial charge in [0.15, 0.2) is 0 Å². The summed E-state index contributed by atoms with van der Waals surface area (Å²) in [5.74, 6) is 0.182. The smallest absolute Gasteiger partial charge is 0.337 e. The second-order valence-corrected chi connectivity index (χ2v) is 9.00. The molecule has 2 aromatic heterocycles. The maximum absolute atomic E-state index is 12.9. The number of benzene rings is 3. The summed E-state index contributed by atoms with van der Waals surface area (Å²) in [6.07, 6.45) is 4.08. The molecule has 1 atom stereocenters. The third kappa shape index (κ3) is 4.73. The van der Waals surface area contributed by atoms with Crippen molar-refractivity contribution in [2.45, 2.75) is 12.5 Å². The SMILES string of the molecule is COC(=O)c1ccc(-c2c(/C=C/c3nnc(-c4ccccc4)o3)n[nH]c2C2Cc3ccccc3C(=O)N2)cc1. The van der Waals surface area contributed by atoms with Crippen LogP contribution in [0.15, 0.2) is 83.3 Å². The Kier molecular flexibility index (Phi) is 6.30. The molecule has 9 heteroatoms. The monoisotopic (exact) mass is 517 g/mol. The molecule has 1 amide bonds. The molecule has 2 N–H and O–H groups in total. The third-order valence-corrected chi connectivity index (χ3v) is 6.60. The minimum atomic E-state index is -0.421. The molecule has 0 saturated carbocycles. The first kappa shape index (κ1) is 24.1. The summed E-state index contributed by atoms with van der Waals surface area (Å²) in [5, 5.41) is 19.1. The van der Waals surface area contributed by atoms with Crippen molar-refractivity contribution in [3.63, 3.8) is 0 Å². The summed E-state index contributed by atoms with van der Waals surface area (Å²) in [4.78, 5) is 24.9. The third-order valence-electron chi connectivity index (χ3n) is 6.60. The van der Waals surface area contributed by atoms with Crippen LogP contribution in [0, 0.1) is 0 Å². The van der Waals surface area contributed by atoms with Gasteiger partial charge in [0, 0.05) is 22.8 Å². The van der Waals surface area contributed by atoms with Crippen molar-refractivity contribution < 1.29 is 18.7 Å². The summed E-state index contributed by atoms with van der Waals surface area (Å²) in [6, 6.07) is 23.8. The van der Waals surface area contributed by atoms with Gasteiger partial charge in [0.1, 0.15) is 0 Å². The number of hydrogen-bond acceptors (Lipinski definition) is 7. The van der Waals surface area contributed by atoms with Crippen LogP contribution in [0.25, 0.3) is 34.7 Å². The van der Waals surface area contributed by atoms with Crippen molar-refractivity contribution in [3.05, 3.63) is 113 Å². The molecule has 9 nitrogen and oxygen atoms in total. The Hall–Kier alpha value is -5.31. The normalized spacial score (nSPS) is 14.7. The Morgan fingerprint density at radius 3 is 2.51 bits per heavy atom. The fraction of sp³-hybridized carbons (Fsp3) is 0.100. The highest BCUT2D eigenvalue weighted by Gasteiger charge is 2.29. The van der Waals surface area contributed by atoms with Gasteiger partial charge in [0.05, 0.1) is 30.1 Å². The molecule has 5 aromatic rings. The molecule has 6 rings (SSSR count). The number of nitrogens with zero attached hydrogens (tertiary/aromatic N) is 3. The first-order chi connectivity index (χ1) is 19.1. The number of nitrogens with one attached hydrogen (secondary N) is 2. The minimum Gasteiger partial charge on any atom is -0.465 e. The number of carbonyl (C=O) groups excluding carboxylic acids is 2. The van der Waals surface area contributed by atoms with Gasteiger partial charge in [0.25, 0.3) is 5.91 Å². The average Bonchev–Trinajstić information content (AvgIpc) is 3.64. The summed E-state index contributed by atoms with van der Waals surface area (Å²) in [7, 11) is 1.34. The molecule has 3 heterocycles. The van der Waals surface area contributed by atoms with Crippen molar-refractivity contribution in [3.8, 4) is 22.6 Å². The number of amides is 1. The van der Waals surface area contributed by atoms with E-state index in [1.54, 1.807) is 24.3 Å². The largest absolute Gasteiger partial charge is 0.465 e. The van der Waals surface area contributed by atoms with Gasteiger partial charge in [-0.15, -0.1) is 10.2 Å². The van der Waals surface area contributed by atoms with Gasteiger partial charge in [-0.05, 0) is 54.0 Å². The summed E-state index contributed by atoms with van der Waals surface area (Å²) < 4.78 is 10.6. The molecule has 0 fully saturated rings. The molecule has 1 aliphatic heterocycles. The van der Waals surface area contributed by atoms with Crippen LogP contribution in [-0.4, -0.2) is 39.4 Å². The number of aromatic nitrogens is 4. The van der Waals surface area contributed by atoms with E-state index in [1.807, 2.05) is 66.7 Å². The Morgan fingerprint density at radius 1 is 0.949 bits per heavy atom. The second kappa shape index (κ2) is 10.2. The Balaban J connectivity index is 1.37. The number of hydrogen-bond donors (Lipinski definition) is 2. The topological polar surface area (TPSA) is 123 Å². The molecular weight excluding hydrogens is 494 g/mol. The standard InChI is InChI=1S/C30H23N5O4/c1-38-30(37)20-13-11-18(12-14-20)26-23(15-16-25-33-35-29(39-25)19-7-3-2-4-8-19)32-34-27(26)24-17-21-9-5-6-10-22(21)28(36)31-24/h2-16,24H,17H2,1H3,(H,31,36)(H,32,34)/b16-15+. The molecule has 3 aromatic carbocycles. The molecule has 1 unspecified atom stereocenters. The summed E-state index contributed by atoms with van der Waals surface area (Å²) in [5.41, 5.74) is 5.85. The fourth-order valence-electron chi connectivity index (χ4n) is 4.69. The molecular formula is C30H23N5O4. The van der Waals surface area contributed by atoms with E-state index in [0.29, 0.717) is 35.0 Å². The van der Waals surface area contributed by atoms with E-state index in [-0.39, 0.29) is 11.9 Å². The molecule has 39 heavy (non-hydrogen) atoms. The summed E-state index contributed by atoms with van der Waals surface area (Å²) in [6.45, 7) is 0. The van der Waals surface area contributed by atoms with E-state index in [1.165, 1.54) is 7.11 Å². The van der Waals surface area contributed by atoms with Crippen LogP contribution in [-0.2, 0) is 11.2 Å². The quantitative estimate of drug-likeness (QED) is 0.300. The highest BCUT2D eigenvalue weighted by atomic mass is 16.5. The number of carbonyl (C=O) groups is 2. The van der Waals surface area contributed by atoms with Crippen molar-refractivity contribution in [1.82, 2.24) is 25.7 Å². The van der Waals surface area contributed by atoms with Gasteiger partial charge in [-0.25, -0.2) is 4.79 Å². The van der Waals surface area contributed by atoms with E-state index >= 15 is 0 Å². The first-order valence-corrected chi connectivity index (χ1v) is 12.3. The average molecular weight is 518 g/mol. The molecule has 0 bridgehead atoms. The van der Waals surface area contributed by atoms with E-state index < -0.39 is 5.97 Å². The molecule has 0 saturated heterocycles. The highest BCUT2D eigenvalue weighted by molar-refractivity contribution is 5.97. The van der Waals surface area contributed by atoms with Gasteiger partial charge >= 0.3 is 5.97 Å². The van der Waals surface area contributed by atoms with Crippen molar-refractivity contribution in [1.29, 1.82) is 0 Å². The fourth-order valence-corrected chi connectivity index (χ4v) is 4.69. The van der Waals surface area contributed by atoms with Crippen LogP contribution in [0.4, 0.5) is 0 Å². The molecule has 0 radical (unpaired) electrons. The molecule has 0 spiro atoms. The zero-order chi connectivity index (χ0) is 26.8. The zero-order valence-electron chi connectivity index (χ0n) is 20.9. The van der Waals surface area contributed by atoms with E-state index in [0.717, 1.165) is 27.9 Å². The number of fused-ring (bicyclic) bond motifs is 1. The zero-order valence-corrected chi connectivity index (χ0v) is 20.9. The van der Waals surface area contributed by atoms with Crippen molar-refractivity contribution >= 4 is 24.0 Å². The predicted molar refractivity (Wildman–Crippen MR) is 144 cm³/mol. The molecule has 0 aliphatic carbocycles. The Morgan fingerprint density at radius 2 is 1.72 bits per heavy atom. The van der Waals surface area contributed by atoms with Crippen LogP contribution in [0.1, 0.15) is 49.6 Å². The number of esters is 1. The lowest BCUT2D eigenvalue weighted by Crippen LogP contribution is -2.35. The number of methoxy groups -OCH3 is 1. The van der Waals surface area contributed by atoms with Gasteiger partial charge in [-0.3, -0.25) is 9.89 Å². The Labute approximate surface area is 223 Å². The summed E-state index contributed by atoms with van der Waals surface area (Å²) >= 11 is 0. The van der Waals surface area contributed by atoms with Crippen LogP contribution in [0.2, 0.25) is 0 Å². The number of ether oxygens (including phenoxy) is 1. The predicted octanol–water partition coefficient (Wildman–Crippen LogP) is 5.11. The van der Waals surface area contributed by atoms with Gasteiger partial charge < -0.3 is 14.5 Å². The van der Waals surface area contributed by atoms with Crippen LogP contribution in [0.5, 0.6) is 0 Å². The number of aromatic amines is 1.